The fraction of sp³-hybridized carbons (Fsp3) is 1.00. The molecule has 2 atom stereocenters. The number of rotatable bonds is 7. The molecule has 0 rings (SSSR count). The van der Waals surface area contributed by atoms with Gasteiger partial charge in [-0.3, -0.25) is 0 Å². The van der Waals surface area contributed by atoms with E-state index in [1.165, 1.54) is 12.8 Å². The highest BCUT2D eigenvalue weighted by atomic mass is 16.3. The van der Waals surface area contributed by atoms with Gasteiger partial charge in [0.15, 0.2) is 0 Å². The topological polar surface area (TPSA) is 40.5 Å². The van der Waals surface area contributed by atoms with Crippen LogP contribution in [0.3, 0.4) is 0 Å². The number of hydrogen-bond donors (Lipinski definition) is 2. The van der Waals surface area contributed by atoms with Gasteiger partial charge in [-0.1, -0.05) is 39.5 Å². The number of aliphatic hydroxyl groups is 2. The van der Waals surface area contributed by atoms with Crippen LogP contribution in [-0.2, 0) is 0 Å². The molecule has 0 aromatic heterocycles. The van der Waals surface area contributed by atoms with E-state index >= 15 is 0 Å². The fourth-order valence-corrected chi connectivity index (χ4v) is 1.52. The molecule has 0 bridgehead atoms. The van der Waals surface area contributed by atoms with Gasteiger partial charge < -0.3 is 10.2 Å². The van der Waals surface area contributed by atoms with Crippen LogP contribution in [0.1, 0.15) is 59.3 Å². The molecular formula is C11H24O2. The lowest BCUT2D eigenvalue weighted by atomic mass is 9.91. The Morgan fingerprint density at radius 2 is 1.77 bits per heavy atom. The largest absolute Gasteiger partial charge is 0.390 e. The third kappa shape index (κ3) is 5.27. The average Bonchev–Trinajstić information content (AvgIpc) is 2.11. The van der Waals surface area contributed by atoms with Gasteiger partial charge in [0.2, 0.25) is 0 Å². The van der Waals surface area contributed by atoms with Gasteiger partial charge in [0.25, 0.3) is 0 Å². The molecule has 0 aliphatic carbocycles. The first-order chi connectivity index (χ1) is 6.04. The summed E-state index contributed by atoms with van der Waals surface area (Å²) in [5.41, 5.74) is -0.886. The summed E-state index contributed by atoms with van der Waals surface area (Å²) in [4.78, 5) is 0. The highest BCUT2D eigenvalue weighted by molar-refractivity contribution is 4.80. The summed E-state index contributed by atoms with van der Waals surface area (Å²) in [6.07, 6.45) is 5.36. The van der Waals surface area contributed by atoms with Crippen molar-refractivity contribution in [3.8, 4) is 0 Å². The molecule has 0 aromatic rings. The molecule has 0 heterocycles. The first kappa shape index (κ1) is 12.9. The maximum Gasteiger partial charge on any atom is 0.0877 e. The van der Waals surface area contributed by atoms with Gasteiger partial charge in [0, 0.05) is 0 Å². The van der Waals surface area contributed by atoms with Crippen LogP contribution < -0.4 is 0 Å². The lowest BCUT2D eigenvalue weighted by molar-refractivity contribution is -0.0692. The van der Waals surface area contributed by atoms with E-state index in [0.29, 0.717) is 12.8 Å². The molecule has 2 nitrogen and oxygen atoms in total. The minimum absolute atomic E-state index is 0.575. The minimum Gasteiger partial charge on any atom is -0.390 e. The van der Waals surface area contributed by atoms with E-state index in [9.17, 15) is 10.2 Å². The molecular weight excluding hydrogens is 164 g/mol. The van der Waals surface area contributed by atoms with E-state index in [2.05, 4.69) is 6.92 Å². The SMILES string of the molecule is CCCCCCC(C)(O)C(O)CC. The number of unbranched alkanes of at least 4 members (excludes halogenated alkanes) is 3. The molecule has 0 saturated carbocycles. The fourth-order valence-electron chi connectivity index (χ4n) is 1.52. The van der Waals surface area contributed by atoms with Gasteiger partial charge in [0.1, 0.15) is 0 Å². The summed E-state index contributed by atoms with van der Waals surface area (Å²) in [6, 6.07) is 0. The number of aliphatic hydroxyl groups excluding tert-OH is 1. The van der Waals surface area contributed by atoms with Gasteiger partial charge >= 0.3 is 0 Å². The Morgan fingerprint density at radius 3 is 2.23 bits per heavy atom. The van der Waals surface area contributed by atoms with Gasteiger partial charge in [-0.2, -0.15) is 0 Å². The van der Waals surface area contributed by atoms with E-state index < -0.39 is 11.7 Å². The van der Waals surface area contributed by atoms with Crippen LogP contribution in [0.2, 0.25) is 0 Å². The van der Waals surface area contributed by atoms with Crippen LogP contribution in [-0.4, -0.2) is 21.9 Å². The Morgan fingerprint density at radius 1 is 1.15 bits per heavy atom. The lowest BCUT2D eigenvalue weighted by Crippen LogP contribution is -2.38. The van der Waals surface area contributed by atoms with Crippen molar-refractivity contribution in [3.63, 3.8) is 0 Å². The third-order valence-electron chi connectivity index (χ3n) is 2.64. The van der Waals surface area contributed by atoms with Crippen LogP contribution in [0.25, 0.3) is 0 Å². The average molecular weight is 188 g/mol. The van der Waals surface area contributed by atoms with Crippen molar-refractivity contribution in [1.29, 1.82) is 0 Å². The zero-order valence-corrected chi connectivity index (χ0v) is 9.21. The van der Waals surface area contributed by atoms with Crippen molar-refractivity contribution >= 4 is 0 Å². The molecule has 0 aromatic carbocycles. The maximum absolute atomic E-state index is 9.83. The lowest BCUT2D eigenvalue weighted by Gasteiger charge is -2.28. The summed E-state index contributed by atoms with van der Waals surface area (Å²) >= 11 is 0. The van der Waals surface area contributed by atoms with Gasteiger partial charge in [-0.15, -0.1) is 0 Å². The van der Waals surface area contributed by atoms with Crippen LogP contribution in [0.15, 0.2) is 0 Å². The van der Waals surface area contributed by atoms with Crippen molar-refractivity contribution < 1.29 is 10.2 Å². The monoisotopic (exact) mass is 188 g/mol. The van der Waals surface area contributed by atoms with E-state index in [0.717, 1.165) is 12.8 Å². The Hall–Kier alpha value is -0.0800. The standard InChI is InChI=1S/C11H24O2/c1-4-6-7-8-9-11(3,13)10(12)5-2/h10,12-13H,4-9H2,1-3H3. The van der Waals surface area contributed by atoms with Crippen molar-refractivity contribution in [3.05, 3.63) is 0 Å². The first-order valence-electron chi connectivity index (χ1n) is 5.45. The van der Waals surface area contributed by atoms with Crippen molar-refractivity contribution in [2.45, 2.75) is 71.0 Å². The second kappa shape index (κ2) is 6.39. The molecule has 0 aliphatic rings. The predicted molar refractivity (Wildman–Crippen MR) is 55.7 cm³/mol. The van der Waals surface area contributed by atoms with Crippen molar-refractivity contribution in [2.75, 3.05) is 0 Å². The van der Waals surface area contributed by atoms with E-state index in [1.54, 1.807) is 6.92 Å². The molecule has 0 aliphatic heterocycles. The normalized spacial score (nSPS) is 18.2. The molecule has 2 unspecified atom stereocenters. The van der Waals surface area contributed by atoms with Gasteiger partial charge in [-0.25, -0.2) is 0 Å². The zero-order chi connectivity index (χ0) is 10.3. The van der Waals surface area contributed by atoms with Gasteiger partial charge in [-0.05, 0) is 19.8 Å². The zero-order valence-electron chi connectivity index (χ0n) is 9.21. The molecule has 2 N–H and O–H groups in total. The van der Waals surface area contributed by atoms with Crippen molar-refractivity contribution in [1.82, 2.24) is 0 Å². The molecule has 0 saturated heterocycles. The molecule has 80 valence electrons. The summed E-state index contributed by atoms with van der Waals surface area (Å²) in [5, 5.41) is 19.3. The molecule has 0 spiro atoms. The minimum atomic E-state index is -0.886. The van der Waals surface area contributed by atoms with Crippen LogP contribution >= 0.6 is 0 Å². The van der Waals surface area contributed by atoms with E-state index in [4.69, 9.17) is 0 Å². The maximum atomic E-state index is 9.83. The van der Waals surface area contributed by atoms with Gasteiger partial charge in [0.05, 0.1) is 11.7 Å². The Bertz CT molecular complexity index is 121. The van der Waals surface area contributed by atoms with Crippen LogP contribution in [0.5, 0.6) is 0 Å². The summed E-state index contributed by atoms with van der Waals surface area (Å²) < 4.78 is 0. The Labute approximate surface area is 82.0 Å². The van der Waals surface area contributed by atoms with Crippen molar-refractivity contribution in [2.24, 2.45) is 0 Å². The second-order valence-corrected chi connectivity index (χ2v) is 4.09. The highest BCUT2D eigenvalue weighted by Crippen LogP contribution is 2.20. The molecule has 2 heteroatoms. The van der Waals surface area contributed by atoms with E-state index in [-0.39, 0.29) is 0 Å². The molecule has 13 heavy (non-hydrogen) atoms. The van der Waals surface area contributed by atoms with E-state index in [1.807, 2.05) is 6.92 Å². The highest BCUT2D eigenvalue weighted by Gasteiger charge is 2.27. The van der Waals surface area contributed by atoms with Crippen LogP contribution in [0.4, 0.5) is 0 Å². The molecule has 0 fully saturated rings. The molecule has 0 amide bonds. The third-order valence-corrected chi connectivity index (χ3v) is 2.64. The quantitative estimate of drug-likeness (QED) is 0.603. The summed E-state index contributed by atoms with van der Waals surface area (Å²) in [5.74, 6) is 0. The summed E-state index contributed by atoms with van der Waals surface area (Å²) in [6.45, 7) is 5.79. The first-order valence-corrected chi connectivity index (χ1v) is 5.45. The predicted octanol–water partition coefficient (Wildman–Crippen LogP) is 2.48. The second-order valence-electron chi connectivity index (χ2n) is 4.09. The molecule has 0 radical (unpaired) electrons. The Balaban J connectivity index is 3.62. The summed E-state index contributed by atoms with van der Waals surface area (Å²) in [7, 11) is 0. The Kier molecular flexibility index (Phi) is 6.35. The van der Waals surface area contributed by atoms with Crippen LogP contribution in [0, 0.1) is 0 Å². The number of hydrogen-bond acceptors (Lipinski definition) is 2. The smallest absolute Gasteiger partial charge is 0.0877 e.